The van der Waals surface area contributed by atoms with Gasteiger partial charge in [-0.3, -0.25) is 14.4 Å². The highest BCUT2D eigenvalue weighted by atomic mass is 16.5. The van der Waals surface area contributed by atoms with Gasteiger partial charge in [-0.15, -0.1) is 0 Å². The van der Waals surface area contributed by atoms with Crippen molar-refractivity contribution in [1.82, 2.24) is 9.80 Å². The normalized spacial score (nSPS) is 14.3. The van der Waals surface area contributed by atoms with E-state index in [1.165, 1.54) is 0 Å². The maximum absolute atomic E-state index is 12.6. The summed E-state index contributed by atoms with van der Waals surface area (Å²) in [7, 11) is 0. The highest BCUT2D eigenvalue weighted by Gasteiger charge is 2.33. The first kappa shape index (κ1) is 21.4. The summed E-state index contributed by atoms with van der Waals surface area (Å²) in [5, 5.41) is 2.86. The summed E-state index contributed by atoms with van der Waals surface area (Å²) in [6.07, 6.45) is 0. The van der Waals surface area contributed by atoms with Gasteiger partial charge in [0, 0.05) is 31.2 Å². The third-order valence-electron chi connectivity index (χ3n) is 4.99. The van der Waals surface area contributed by atoms with Gasteiger partial charge in [-0.05, 0) is 50.6 Å². The van der Waals surface area contributed by atoms with E-state index in [1.807, 2.05) is 32.9 Å². The predicted molar refractivity (Wildman–Crippen MR) is 114 cm³/mol. The molecule has 0 bridgehead atoms. The van der Waals surface area contributed by atoms with E-state index in [9.17, 15) is 14.4 Å². The first-order chi connectivity index (χ1) is 14.4. The van der Waals surface area contributed by atoms with Gasteiger partial charge < -0.3 is 19.9 Å². The molecule has 0 aliphatic carbocycles. The minimum Gasteiger partial charge on any atom is -0.492 e. The fourth-order valence-electron chi connectivity index (χ4n) is 3.36. The van der Waals surface area contributed by atoms with Gasteiger partial charge in [0.25, 0.3) is 5.91 Å². The molecule has 1 N–H and O–H groups in total. The van der Waals surface area contributed by atoms with Crippen LogP contribution in [0.25, 0.3) is 0 Å². The van der Waals surface area contributed by atoms with Gasteiger partial charge in [0.1, 0.15) is 5.75 Å². The first-order valence-corrected chi connectivity index (χ1v) is 10.1. The number of hydrogen-bond acceptors (Lipinski definition) is 4. The number of piperazine rings is 1. The van der Waals surface area contributed by atoms with Crippen LogP contribution in [0.5, 0.6) is 5.75 Å². The lowest BCUT2D eigenvalue weighted by atomic mass is 10.1. The highest BCUT2D eigenvalue weighted by Crippen LogP contribution is 2.24. The molecular formula is C23H27N3O4. The molecule has 1 aliphatic heterocycles. The van der Waals surface area contributed by atoms with Crippen molar-refractivity contribution in [1.29, 1.82) is 0 Å². The zero-order valence-electron chi connectivity index (χ0n) is 17.6. The molecule has 0 unspecified atom stereocenters. The number of anilines is 1. The van der Waals surface area contributed by atoms with E-state index < -0.39 is 11.8 Å². The van der Waals surface area contributed by atoms with Crippen LogP contribution in [0.3, 0.4) is 0 Å². The number of hydrogen-bond donors (Lipinski definition) is 1. The molecule has 0 radical (unpaired) electrons. The lowest BCUT2D eigenvalue weighted by molar-refractivity contribution is -0.157. The minimum absolute atomic E-state index is 0.00857. The van der Waals surface area contributed by atoms with Crippen LogP contribution in [0.1, 0.15) is 36.7 Å². The van der Waals surface area contributed by atoms with Crippen LogP contribution in [0.2, 0.25) is 0 Å². The Kier molecular flexibility index (Phi) is 6.72. The summed E-state index contributed by atoms with van der Waals surface area (Å²) in [6.45, 7) is 7.56. The molecule has 1 heterocycles. The Morgan fingerprint density at radius 1 is 1.03 bits per heavy atom. The van der Waals surface area contributed by atoms with E-state index >= 15 is 0 Å². The standard InChI is InChI=1S/C23H27N3O4/c1-4-30-20-8-6-5-7-19(20)24-21(27)18-11-9-17(10-12-18)15-25-13-14-26(16(2)3)23(29)22(25)28/h5-12,16H,4,13-15H2,1-3H3,(H,24,27). The van der Waals surface area contributed by atoms with Crippen LogP contribution in [-0.2, 0) is 16.1 Å². The quantitative estimate of drug-likeness (QED) is 0.713. The first-order valence-electron chi connectivity index (χ1n) is 10.1. The largest absolute Gasteiger partial charge is 0.492 e. The molecule has 7 heteroatoms. The number of para-hydroxylation sites is 2. The zero-order chi connectivity index (χ0) is 21.7. The van der Waals surface area contributed by atoms with Crippen molar-refractivity contribution >= 4 is 23.4 Å². The number of nitrogens with zero attached hydrogens (tertiary/aromatic N) is 2. The number of carbonyl (C=O) groups is 3. The van der Waals surface area contributed by atoms with Gasteiger partial charge in [-0.25, -0.2) is 0 Å². The van der Waals surface area contributed by atoms with Gasteiger partial charge in [0.15, 0.2) is 0 Å². The monoisotopic (exact) mass is 409 g/mol. The summed E-state index contributed by atoms with van der Waals surface area (Å²) in [4.78, 5) is 40.3. The lowest BCUT2D eigenvalue weighted by Crippen LogP contribution is -2.55. The Hall–Kier alpha value is -3.35. The summed E-state index contributed by atoms with van der Waals surface area (Å²) in [5.41, 5.74) is 1.97. The minimum atomic E-state index is -0.482. The molecule has 1 saturated heterocycles. The molecule has 2 aromatic carbocycles. The summed E-state index contributed by atoms with van der Waals surface area (Å²) in [6, 6.07) is 14.3. The van der Waals surface area contributed by atoms with E-state index in [4.69, 9.17) is 4.74 Å². The van der Waals surface area contributed by atoms with Crippen LogP contribution in [0, 0.1) is 0 Å². The Labute approximate surface area is 176 Å². The molecule has 1 aliphatic rings. The van der Waals surface area contributed by atoms with E-state index in [0.717, 1.165) is 5.56 Å². The number of ether oxygens (including phenoxy) is 1. The number of rotatable bonds is 7. The number of carbonyl (C=O) groups excluding carboxylic acids is 3. The lowest BCUT2D eigenvalue weighted by Gasteiger charge is -2.36. The fraction of sp³-hybridized carbons (Fsp3) is 0.348. The molecule has 0 saturated carbocycles. The fourth-order valence-corrected chi connectivity index (χ4v) is 3.36. The van der Waals surface area contributed by atoms with Gasteiger partial charge in [-0.2, -0.15) is 0 Å². The van der Waals surface area contributed by atoms with Gasteiger partial charge in [-0.1, -0.05) is 24.3 Å². The van der Waals surface area contributed by atoms with Gasteiger partial charge in [0.2, 0.25) is 0 Å². The van der Waals surface area contributed by atoms with Gasteiger partial charge in [0.05, 0.1) is 12.3 Å². The van der Waals surface area contributed by atoms with E-state index in [0.29, 0.717) is 43.2 Å². The van der Waals surface area contributed by atoms with E-state index in [2.05, 4.69) is 5.32 Å². The van der Waals surface area contributed by atoms with Crippen LogP contribution in [0.15, 0.2) is 48.5 Å². The number of amides is 3. The molecule has 3 amide bonds. The molecule has 7 nitrogen and oxygen atoms in total. The molecule has 2 aromatic rings. The third-order valence-corrected chi connectivity index (χ3v) is 4.99. The Balaban J connectivity index is 1.63. The summed E-state index contributed by atoms with van der Waals surface area (Å²) < 4.78 is 5.54. The van der Waals surface area contributed by atoms with Crippen molar-refractivity contribution in [2.24, 2.45) is 0 Å². The van der Waals surface area contributed by atoms with Crippen molar-refractivity contribution in [3.05, 3.63) is 59.7 Å². The molecule has 0 spiro atoms. The summed E-state index contributed by atoms with van der Waals surface area (Å²) in [5.74, 6) is -0.566. The molecule has 3 rings (SSSR count). The van der Waals surface area contributed by atoms with Crippen LogP contribution in [-0.4, -0.2) is 53.3 Å². The smallest absolute Gasteiger partial charge is 0.312 e. The SMILES string of the molecule is CCOc1ccccc1NC(=O)c1ccc(CN2CCN(C(C)C)C(=O)C2=O)cc1. The second-order valence-corrected chi connectivity index (χ2v) is 7.40. The Morgan fingerprint density at radius 2 is 1.73 bits per heavy atom. The van der Waals surface area contributed by atoms with Crippen molar-refractivity contribution in [3.63, 3.8) is 0 Å². The average molecular weight is 409 g/mol. The van der Waals surface area contributed by atoms with Crippen LogP contribution >= 0.6 is 0 Å². The van der Waals surface area contributed by atoms with Gasteiger partial charge >= 0.3 is 11.8 Å². The van der Waals surface area contributed by atoms with E-state index in [1.54, 1.807) is 46.2 Å². The Morgan fingerprint density at radius 3 is 2.40 bits per heavy atom. The number of nitrogens with one attached hydrogen (secondary N) is 1. The molecule has 158 valence electrons. The van der Waals surface area contributed by atoms with Crippen molar-refractivity contribution in [2.45, 2.75) is 33.4 Å². The summed E-state index contributed by atoms with van der Waals surface area (Å²) >= 11 is 0. The topological polar surface area (TPSA) is 79.0 Å². The van der Waals surface area contributed by atoms with Crippen molar-refractivity contribution < 1.29 is 19.1 Å². The molecular weight excluding hydrogens is 382 g/mol. The second kappa shape index (κ2) is 9.43. The van der Waals surface area contributed by atoms with Crippen LogP contribution < -0.4 is 10.1 Å². The zero-order valence-corrected chi connectivity index (χ0v) is 17.6. The maximum atomic E-state index is 12.6. The predicted octanol–water partition coefficient (Wildman–Crippen LogP) is 2.92. The van der Waals surface area contributed by atoms with Crippen molar-refractivity contribution in [2.75, 3.05) is 25.0 Å². The van der Waals surface area contributed by atoms with Crippen LogP contribution in [0.4, 0.5) is 5.69 Å². The van der Waals surface area contributed by atoms with E-state index in [-0.39, 0.29) is 11.9 Å². The molecule has 30 heavy (non-hydrogen) atoms. The van der Waals surface area contributed by atoms with Crippen molar-refractivity contribution in [3.8, 4) is 5.75 Å². The second-order valence-electron chi connectivity index (χ2n) is 7.40. The maximum Gasteiger partial charge on any atom is 0.312 e. The average Bonchev–Trinajstić information content (AvgIpc) is 2.73. The highest BCUT2D eigenvalue weighted by molar-refractivity contribution is 6.35. The Bertz CT molecular complexity index is 924. The number of benzene rings is 2. The molecule has 0 atom stereocenters. The molecule has 0 aromatic heterocycles. The third kappa shape index (κ3) is 4.79. The molecule has 1 fully saturated rings.